The monoisotopic (exact) mass is 520 g/mol. The van der Waals surface area contributed by atoms with E-state index in [2.05, 4.69) is 14.7 Å². The van der Waals surface area contributed by atoms with Crippen molar-refractivity contribution in [2.45, 2.75) is 86.7 Å². The minimum absolute atomic E-state index is 0.0931. The van der Waals surface area contributed by atoms with E-state index in [4.69, 9.17) is 0 Å². The number of likely N-dealkylation sites (tertiary alicyclic amines) is 2. The number of rotatable bonds is 4. The van der Waals surface area contributed by atoms with Crippen LogP contribution in [-0.2, 0) is 14.9 Å². The molecule has 1 spiro atoms. The highest BCUT2D eigenvalue weighted by atomic mass is 19.4. The van der Waals surface area contributed by atoms with Crippen LogP contribution in [0.15, 0.2) is 12.4 Å². The molecule has 2 aliphatic carbocycles. The molecule has 0 unspecified atom stereocenters. The Kier molecular flexibility index (Phi) is 5.90. The minimum atomic E-state index is -5.77. The van der Waals surface area contributed by atoms with Gasteiger partial charge in [0.2, 0.25) is 5.91 Å². The van der Waals surface area contributed by atoms with Gasteiger partial charge in [0, 0.05) is 37.6 Å². The zero-order valence-corrected chi connectivity index (χ0v) is 19.4. The summed E-state index contributed by atoms with van der Waals surface area (Å²) >= 11 is 0. The smallest absolute Gasteiger partial charge is 0.426 e. The molecule has 13 heteroatoms. The van der Waals surface area contributed by atoms with Crippen LogP contribution in [0.1, 0.15) is 68.7 Å². The van der Waals surface area contributed by atoms with Crippen molar-refractivity contribution in [2.75, 3.05) is 19.6 Å². The van der Waals surface area contributed by atoms with Gasteiger partial charge in [-0.3, -0.25) is 4.79 Å². The number of carbonyl (C=O) groups is 2. The van der Waals surface area contributed by atoms with Crippen LogP contribution in [-0.4, -0.2) is 75.4 Å². The molecule has 0 aromatic carbocycles. The predicted molar refractivity (Wildman–Crippen MR) is 112 cm³/mol. The SMILES string of the molecule is O=C(OC(C(F)(F)F)C(F)(F)F)N1CCC2(CCCN2C(=O)C2(c3ncc(C4CC4)cn3)CC2)CC1. The molecule has 2 saturated heterocycles. The second-order valence-corrected chi connectivity index (χ2v) is 10.3. The summed E-state index contributed by atoms with van der Waals surface area (Å²) in [5.41, 5.74) is -0.329. The van der Waals surface area contributed by atoms with Crippen molar-refractivity contribution in [1.29, 1.82) is 0 Å². The Morgan fingerprint density at radius 2 is 1.50 bits per heavy atom. The fourth-order valence-corrected chi connectivity index (χ4v) is 5.50. The van der Waals surface area contributed by atoms with Crippen LogP contribution >= 0.6 is 0 Å². The van der Waals surface area contributed by atoms with Crippen LogP contribution in [0, 0.1) is 0 Å². The molecule has 1 aromatic rings. The molecule has 4 fully saturated rings. The summed E-state index contributed by atoms with van der Waals surface area (Å²) in [6, 6.07) is 0. The summed E-state index contributed by atoms with van der Waals surface area (Å²) in [6.07, 6.45) is -8.49. The number of ether oxygens (including phenoxy) is 1. The molecule has 0 N–H and O–H groups in total. The number of halogens is 6. The van der Waals surface area contributed by atoms with Gasteiger partial charge in [-0.15, -0.1) is 0 Å². The number of nitrogens with zero attached hydrogens (tertiary/aromatic N) is 4. The highest BCUT2D eigenvalue weighted by molar-refractivity contribution is 5.91. The Bertz CT molecular complexity index is 998. The number of carbonyl (C=O) groups excluding carboxylic acids is 2. The third-order valence-electron chi connectivity index (χ3n) is 7.92. The zero-order chi connectivity index (χ0) is 25.9. The molecule has 0 bridgehead atoms. The van der Waals surface area contributed by atoms with Gasteiger partial charge in [-0.2, -0.15) is 26.3 Å². The average molecular weight is 520 g/mol. The zero-order valence-electron chi connectivity index (χ0n) is 19.4. The first kappa shape index (κ1) is 25.1. The Morgan fingerprint density at radius 1 is 0.917 bits per heavy atom. The molecule has 7 nitrogen and oxygen atoms in total. The van der Waals surface area contributed by atoms with Gasteiger partial charge in [0.25, 0.3) is 6.10 Å². The third kappa shape index (κ3) is 4.49. The van der Waals surface area contributed by atoms with E-state index >= 15 is 0 Å². The third-order valence-corrected chi connectivity index (χ3v) is 7.92. The topological polar surface area (TPSA) is 75.6 Å². The molecular weight excluding hydrogens is 494 g/mol. The fourth-order valence-electron chi connectivity index (χ4n) is 5.50. The number of amides is 2. The Hall–Kier alpha value is -2.60. The quantitative estimate of drug-likeness (QED) is 0.548. The lowest BCUT2D eigenvalue weighted by Crippen LogP contribution is -2.57. The summed E-state index contributed by atoms with van der Waals surface area (Å²) in [7, 11) is 0. The Morgan fingerprint density at radius 3 is 2.00 bits per heavy atom. The lowest BCUT2D eigenvalue weighted by atomic mass is 9.84. The summed E-state index contributed by atoms with van der Waals surface area (Å²) in [6.45, 7) is 0.282. The molecule has 0 atom stereocenters. The molecule has 36 heavy (non-hydrogen) atoms. The lowest BCUT2D eigenvalue weighted by Gasteiger charge is -2.45. The average Bonchev–Trinajstić information content (AvgIpc) is 3.74. The molecule has 4 aliphatic rings. The van der Waals surface area contributed by atoms with Crippen molar-refractivity contribution in [2.24, 2.45) is 0 Å². The van der Waals surface area contributed by atoms with Crippen LogP contribution in [0.2, 0.25) is 0 Å². The van der Waals surface area contributed by atoms with Gasteiger partial charge in [0.05, 0.1) is 0 Å². The Balaban J connectivity index is 1.25. The van der Waals surface area contributed by atoms with Crippen molar-refractivity contribution in [3.8, 4) is 0 Å². The largest absolute Gasteiger partial charge is 0.434 e. The normalized spacial score (nSPS) is 23.3. The van der Waals surface area contributed by atoms with Crippen molar-refractivity contribution in [1.82, 2.24) is 19.8 Å². The second kappa shape index (κ2) is 8.47. The van der Waals surface area contributed by atoms with Crippen molar-refractivity contribution in [3.05, 3.63) is 23.8 Å². The first-order valence-electron chi connectivity index (χ1n) is 12.1. The maximum atomic E-state index is 13.7. The number of hydrogen-bond donors (Lipinski definition) is 0. The molecule has 1 aromatic heterocycles. The summed E-state index contributed by atoms with van der Waals surface area (Å²) in [4.78, 5) is 37.5. The highest BCUT2D eigenvalue weighted by Gasteiger charge is 2.61. The van der Waals surface area contributed by atoms with E-state index in [1.54, 1.807) is 17.3 Å². The molecule has 0 radical (unpaired) electrons. The maximum absolute atomic E-state index is 13.7. The van der Waals surface area contributed by atoms with Crippen molar-refractivity contribution in [3.63, 3.8) is 0 Å². The van der Waals surface area contributed by atoms with Crippen LogP contribution in [0.4, 0.5) is 31.1 Å². The van der Waals surface area contributed by atoms with Crippen LogP contribution in [0.25, 0.3) is 0 Å². The molecule has 5 rings (SSSR count). The standard InChI is InChI=1S/C23H26F6N4O3/c24-22(25,26)16(23(27,28)29)36-19(35)32-10-7-20(8-11-32)4-1-9-33(20)18(34)21(5-6-21)17-30-12-15(13-31-17)14-2-3-14/h12-14,16H,1-11H2. The van der Waals surface area contributed by atoms with E-state index in [1.807, 2.05) is 0 Å². The van der Waals surface area contributed by atoms with Gasteiger partial charge < -0.3 is 14.5 Å². The second-order valence-electron chi connectivity index (χ2n) is 10.3. The van der Waals surface area contributed by atoms with E-state index < -0.39 is 35.5 Å². The van der Waals surface area contributed by atoms with Crippen LogP contribution in [0.3, 0.4) is 0 Å². The predicted octanol–water partition coefficient (Wildman–Crippen LogP) is 4.47. The van der Waals surface area contributed by atoms with E-state index in [9.17, 15) is 35.9 Å². The molecule has 2 saturated carbocycles. The first-order chi connectivity index (χ1) is 16.9. The van der Waals surface area contributed by atoms with Gasteiger partial charge in [0.15, 0.2) is 0 Å². The van der Waals surface area contributed by atoms with E-state index in [0.29, 0.717) is 37.5 Å². The summed E-state index contributed by atoms with van der Waals surface area (Å²) in [5.74, 6) is 0.890. The molecule has 2 amide bonds. The van der Waals surface area contributed by atoms with Gasteiger partial charge in [-0.1, -0.05) is 0 Å². The lowest BCUT2D eigenvalue weighted by molar-refractivity contribution is -0.308. The number of aromatic nitrogens is 2. The molecule has 3 heterocycles. The van der Waals surface area contributed by atoms with Gasteiger partial charge in [0.1, 0.15) is 11.2 Å². The number of piperidine rings is 1. The molecule has 2 aliphatic heterocycles. The highest BCUT2D eigenvalue weighted by Crippen LogP contribution is 2.52. The van der Waals surface area contributed by atoms with E-state index in [1.165, 1.54) is 0 Å². The maximum Gasteiger partial charge on any atom is 0.434 e. The minimum Gasteiger partial charge on any atom is -0.426 e. The number of hydrogen-bond acceptors (Lipinski definition) is 5. The fraction of sp³-hybridized carbons (Fsp3) is 0.739. The van der Waals surface area contributed by atoms with Crippen LogP contribution in [0.5, 0.6) is 0 Å². The first-order valence-corrected chi connectivity index (χ1v) is 12.1. The summed E-state index contributed by atoms with van der Waals surface area (Å²) < 4.78 is 80.5. The van der Waals surface area contributed by atoms with Crippen molar-refractivity contribution >= 4 is 12.0 Å². The van der Waals surface area contributed by atoms with Gasteiger partial charge >= 0.3 is 18.4 Å². The Labute approximate surface area is 203 Å². The van der Waals surface area contributed by atoms with E-state index in [0.717, 1.165) is 29.7 Å². The van der Waals surface area contributed by atoms with Crippen LogP contribution < -0.4 is 0 Å². The van der Waals surface area contributed by atoms with Gasteiger partial charge in [-0.25, -0.2) is 14.8 Å². The van der Waals surface area contributed by atoms with E-state index in [-0.39, 0.29) is 31.8 Å². The number of alkyl halides is 6. The summed E-state index contributed by atoms with van der Waals surface area (Å²) in [5, 5.41) is 0. The van der Waals surface area contributed by atoms with Gasteiger partial charge in [-0.05, 0) is 62.8 Å². The van der Waals surface area contributed by atoms with Crippen molar-refractivity contribution < 1.29 is 40.7 Å². The molecule has 198 valence electrons. The molecular formula is C23H26F6N4O3.